The third-order valence-electron chi connectivity index (χ3n) is 7.02. The third kappa shape index (κ3) is 5.08. The van der Waals surface area contributed by atoms with Crippen molar-refractivity contribution in [2.75, 3.05) is 24.5 Å². The van der Waals surface area contributed by atoms with Crippen LogP contribution in [0, 0.1) is 16.7 Å². The molecule has 7 nitrogen and oxygen atoms in total. The fourth-order valence-electron chi connectivity index (χ4n) is 5.01. The Labute approximate surface area is 197 Å². The van der Waals surface area contributed by atoms with Crippen LogP contribution in [-0.4, -0.2) is 54.6 Å². The number of urea groups is 1. The van der Waals surface area contributed by atoms with E-state index in [2.05, 4.69) is 10.6 Å². The van der Waals surface area contributed by atoms with E-state index in [1.54, 1.807) is 15.9 Å². The lowest BCUT2D eigenvalue weighted by molar-refractivity contribution is -0.137. The number of nitrogens with one attached hydrogen (secondary N) is 2. The first-order chi connectivity index (χ1) is 16.0. The summed E-state index contributed by atoms with van der Waals surface area (Å²) >= 11 is 0. The van der Waals surface area contributed by atoms with E-state index in [1.165, 1.54) is 12.1 Å². The van der Waals surface area contributed by atoms with Gasteiger partial charge in [-0.3, -0.25) is 4.79 Å². The van der Waals surface area contributed by atoms with Gasteiger partial charge in [0.15, 0.2) is 0 Å². The lowest BCUT2D eigenvalue weighted by Crippen LogP contribution is -2.49. The molecular weight excluding hydrogens is 447 g/mol. The van der Waals surface area contributed by atoms with Crippen molar-refractivity contribution in [3.63, 3.8) is 0 Å². The Morgan fingerprint density at radius 3 is 2.44 bits per heavy atom. The molecule has 2 heterocycles. The molecule has 10 heteroatoms. The van der Waals surface area contributed by atoms with Crippen LogP contribution in [-0.2, 0) is 11.0 Å². The van der Waals surface area contributed by atoms with Gasteiger partial charge in [0.25, 0.3) is 0 Å². The molecule has 1 spiro atoms. The molecule has 2 aliphatic heterocycles. The van der Waals surface area contributed by atoms with Gasteiger partial charge in [-0.05, 0) is 69.6 Å². The number of nitriles is 1. The first-order valence-corrected chi connectivity index (χ1v) is 11.8. The van der Waals surface area contributed by atoms with Crippen molar-refractivity contribution in [1.82, 2.24) is 15.5 Å². The van der Waals surface area contributed by atoms with E-state index in [0.29, 0.717) is 44.6 Å². The molecule has 184 valence electrons. The maximum Gasteiger partial charge on any atom is 0.417 e. The number of nitrogens with zero attached hydrogens (tertiary/aromatic N) is 3. The number of benzene rings is 1. The molecule has 0 aromatic heterocycles. The van der Waals surface area contributed by atoms with Crippen molar-refractivity contribution < 1.29 is 22.8 Å². The van der Waals surface area contributed by atoms with Crippen molar-refractivity contribution in [3.05, 3.63) is 29.3 Å². The molecule has 1 aliphatic carbocycles. The Bertz CT molecular complexity index is 991. The number of rotatable bonds is 4. The Morgan fingerprint density at radius 2 is 1.88 bits per heavy atom. The molecule has 2 saturated heterocycles. The fourth-order valence-corrected chi connectivity index (χ4v) is 5.01. The highest BCUT2D eigenvalue weighted by Gasteiger charge is 2.49. The molecule has 1 atom stereocenters. The maximum atomic E-state index is 13.6. The molecule has 3 fully saturated rings. The zero-order valence-electron chi connectivity index (χ0n) is 19.4. The van der Waals surface area contributed by atoms with Gasteiger partial charge in [0.1, 0.15) is 6.04 Å². The second kappa shape index (κ2) is 9.01. The van der Waals surface area contributed by atoms with Crippen LogP contribution in [0.4, 0.5) is 23.7 Å². The van der Waals surface area contributed by atoms with Crippen LogP contribution in [0.25, 0.3) is 0 Å². The summed E-state index contributed by atoms with van der Waals surface area (Å²) in [7, 11) is 0. The second-order valence-electron chi connectivity index (χ2n) is 10.1. The Hall–Kier alpha value is -2.96. The monoisotopic (exact) mass is 477 g/mol. The minimum atomic E-state index is -4.67. The van der Waals surface area contributed by atoms with Gasteiger partial charge in [-0.1, -0.05) is 0 Å². The number of alkyl halides is 3. The first-order valence-electron chi connectivity index (χ1n) is 11.8. The average molecular weight is 478 g/mol. The number of likely N-dealkylation sites (tertiary alicyclic amines) is 1. The van der Waals surface area contributed by atoms with Gasteiger partial charge in [0, 0.05) is 37.4 Å². The van der Waals surface area contributed by atoms with Crippen molar-refractivity contribution in [1.29, 1.82) is 5.26 Å². The van der Waals surface area contributed by atoms with Gasteiger partial charge in [-0.15, -0.1) is 0 Å². The summed E-state index contributed by atoms with van der Waals surface area (Å²) in [5, 5.41) is 15.0. The predicted octanol–water partition coefficient (Wildman–Crippen LogP) is 3.63. The molecule has 4 rings (SSSR count). The minimum Gasteiger partial charge on any atom is -0.359 e. The van der Waals surface area contributed by atoms with Gasteiger partial charge < -0.3 is 20.4 Å². The van der Waals surface area contributed by atoms with E-state index in [4.69, 9.17) is 5.26 Å². The highest BCUT2D eigenvalue weighted by atomic mass is 19.4. The highest BCUT2D eigenvalue weighted by Crippen LogP contribution is 2.46. The number of halogens is 3. The minimum absolute atomic E-state index is 0.0278. The zero-order valence-corrected chi connectivity index (χ0v) is 19.4. The predicted molar refractivity (Wildman–Crippen MR) is 120 cm³/mol. The van der Waals surface area contributed by atoms with E-state index in [9.17, 15) is 22.8 Å². The van der Waals surface area contributed by atoms with Gasteiger partial charge in [0.2, 0.25) is 5.91 Å². The Morgan fingerprint density at radius 1 is 1.21 bits per heavy atom. The highest BCUT2D eigenvalue weighted by molar-refractivity contribution is 5.87. The smallest absolute Gasteiger partial charge is 0.359 e. The lowest BCUT2D eigenvalue weighted by Gasteiger charge is -2.39. The molecule has 1 aromatic rings. The van der Waals surface area contributed by atoms with Gasteiger partial charge >= 0.3 is 12.2 Å². The van der Waals surface area contributed by atoms with Crippen molar-refractivity contribution in [2.24, 2.45) is 5.41 Å². The number of carbonyl (C=O) groups is 2. The fraction of sp³-hybridized carbons (Fsp3) is 0.625. The molecule has 0 radical (unpaired) electrons. The number of anilines is 1. The second-order valence-corrected chi connectivity index (χ2v) is 10.1. The quantitative estimate of drug-likeness (QED) is 0.693. The first kappa shape index (κ1) is 24.2. The van der Waals surface area contributed by atoms with Crippen LogP contribution < -0.4 is 15.5 Å². The number of amides is 3. The van der Waals surface area contributed by atoms with E-state index >= 15 is 0 Å². The Balaban J connectivity index is 1.58. The molecular formula is C24H30F3N5O2. The maximum absolute atomic E-state index is 13.6. The number of piperidine rings is 1. The average Bonchev–Trinajstić information content (AvgIpc) is 3.51. The van der Waals surface area contributed by atoms with Gasteiger partial charge in [0.05, 0.1) is 17.2 Å². The SMILES string of the molecule is CC(C)NC(=O)N1CCC2(CC1)CC(C(=O)NC1CC1)N(c1ccc(C#N)c(C(F)(F)F)c1)C2. The third-order valence-corrected chi connectivity index (χ3v) is 7.02. The summed E-state index contributed by atoms with van der Waals surface area (Å²) in [5.41, 5.74) is -1.41. The topological polar surface area (TPSA) is 88.5 Å². The largest absolute Gasteiger partial charge is 0.417 e. The van der Waals surface area contributed by atoms with E-state index in [1.807, 2.05) is 13.8 Å². The van der Waals surface area contributed by atoms with Crippen LogP contribution >= 0.6 is 0 Å². The molecule has 1 aromatic carbocycles. The molecule has 1 unspecified atom stereocenters. The molecule has 3 aliphatic rings. The van der Waals surface area contributed by atoms with Crippen molar-refractivity contribution in [2.45, 2.75) is 70.3 Å². The summed E-state index contributed by atoms with van der Waals surface area (Å²) in [6.45, 7) is 5.29. The Kier molecular flexibility index (Phi) is 6.40. The number of hydrogen-bond donors (Lipinski definition) is 2. The number of hydrogen-bond acceptors (Lipinski definition) is 4. The van der Waals surface area contributed by atoms with Crippen LogP contribution in [0.3, 0.4) is 0 Å². The molecule has 2 N–H and O–H groups in total. The van der Waals surface area contributed by atoms with Crippen LogP contribution in [0.2, 0.25) is 0 Å². The molecule has 34 heavy (non-hydrogen) atoms. The van der Waals surface area contributed by atoms with Crippen molar-refractivity contribution >= 4 is 17.6 Å². The van der Waals surface area contributed by atoms with E-state index < -0.39 is 23.3 Å². The summed E-state index contributed by atoms with van der Waals surface area (Å²) < 4.78 is 40.8. The zero-order chi connectivity index (χ0) is 24.7. The van der Waals surface area contributed by atoms with E-state index in [0.717, 1.165) is 18.9 Å². The van der Waals surface area contributed by atoms with Gasteiger partial charge in [-0.25, -0.2) is 4.79 Å². The van der Waals surface area contributed by atoms with Crippen LogP contribution in [0.1, 0.15) is 57.1 Å². The normalized spacial score (nSPS) is 22.1. The molecule has 1 saturated carbocycles. The summed E-state index contributed by atoms with van der Waals surface area (Å²) in [5.74, 6) is -0.169. The molecule has 3 amide bonds. The van der Waals surface area contributed by atoms with Crippen molar-refractivity contribution in [3.8, 4) is 6.07 Å². The number of carbonyl (C=O) groups excluding carboxylic acids is 2. The lowest BCUT2D eigenvalue weighted by atomic mass is 9.76. The van der Waals surface area contributed by atoms with E-state index in [-0.39, 0.29) is 29.4 Å². The standard InChI is InChI=1S/C24H30F3N5O2/c1-15(2)29-22(34)31-9-7-23(8-10-31)12-20(21(33)30-17-4-5-17)32(14-23)18-6-3-16(13-28)19(11-18)24(25,26)27/h3,6,11,15,17,20H,4-5,7-10,12,14H2,1-2H3,(H,29,34)(H,30,33). The summed E-state index contributed by atoms with van der Waals surface area (Å²) in [6.07, 6.45) is -0.974. The van der Waals surface area contributed by atoms with Crippen LogP contribution in [0.15, 0.2) is 18.2 Å². The molecule has 0 bridgehead atoms. The summed E-state index contributed by atoms with van der Waals surface area (Å²) in [6, 6.07) is 4.73. The van der Waals surface area contributed by atoms with Gasteiger partial charge in [-0.2, -0.15) is 18.4 Å². The summed E-state index contributed by atoms with van der Waals surface area (Å²) in [4.78, 5) is 29.0. The van der Waals surface area contributed by atoms with Crippen LogP contribution in [0.5, 0.6) is 0 Å².